The molecule has 0 saturated carbocycles. The zero-order valence-corrected chi connectivity index (χ0v) is 16.3. The Labute approximate surface area is 117 Å². The van der Waals surface area contributed by atoms with E-state index in [1.54, 1.807) is 0 Å². The molecular formula is C12H18Cl2Ge2O. The molecule has 1 aromatic carbocycles. The van der Waals surface area contributed by atoms with Gasteiger partial charge in [-0.15, -0.1) is 0 Å². The summed E-state index contributed by atoms with van der Waals surface area (Å²) in [6, 6.07) is 9.75. The fourth-order valence-corrected chi connectivity index (χ4v) is 15.0. The van der Waals surface area contributed by atoms with E-state index in [0.29, 0.717) is 0 Å². The number of para-hydroxylation sites is 1. The summed E-state index contributed by atoms with van der Waals surface area (Å²) in [5.74, 6) is 9.26. The van der Waals surface area contributed by atoms with Gasteiger partial charge < -0.3 is 0 Å². The van der Waals surface area contributed by atoms with Gasteiger partial charge in [0.1, 0.15) is 0 Å². The van der Waals surface area contributed by atoms with Gasteiger partial charge in [-0.1, -0.05) is 0 Å². The maximum absolute atomic E-state index is 6.52. The predicted octanol–water partition coefficient (Wildman–Crippen LogP) is 4.92. The zero-order valence-electron chi connectivity index (χ0n) is 10.6. The molecule has 0 aromatic heterocycles. The first kappa shape index (κ1) is 15.5. The molecule has 0 atom stereocenters. The Morgan fingerprint density at radius 3 is 2.00 bits per heavy atom. The van der Waals surface area contributed by atoms with E-state index in [-0.39, 0.29) is 0 Å². The molecule has 0 bridgehead atoms. The molecule has 5 heteroatoms. The van der Waals surface area contributed by atoms with Gasteiger partial charge in [0.05, 0.1) is 0 Å². The summed E-state index contributed by atoms with van der Waals surface area (Å²) >= 11 is -4.84. The molecular weight excluding hydrogens is 376 g/mol. The molecule has 0 amide bonds. The van der Waals surface area contributed by atoms with Crippen LogP contribution in [0.15, 0.2) is 39.8 Å². The molecule has 1 aromatic rings. The predicted molar refractivity (Wildman–Crippen MR) is 81.8 cm³/mol. The van der Waals surface area contributed by atoms with Crippen molar-refractivity contribution in [2.24, 2.45) is 0 Å². The summed E-state index contributed by atoms with van der Waals surface area (Å²) in [5.41, 5.74) is 0. The first-order valence-electron chi connectivity index (χ1n) is 5.52. The summed E-state index contributed by atoms with van der Waals surface area (Å²) in [7, 11) is 12.9. The van der Waals surface area contributed by atoms with Crippen molar-refractivity contribution < 1.29 is 4.74 Å². The molecule has 0 heterocycles. The standard InChI is InChI=1S/C12H18Cl2Ge2O/c1-15(2,13)10-12(16(3,4)14)17-11-8-6-5-7-9-11/h5-10H,1-4H3. The van der Waals surface area contributed by atoms with Gasteiger partial charge in [0.25, 0.3) is 0 Å². The van der Waals surface area contributed by atoms with Gasteiger partial charge in [-0.3, -0.25) is 0 Å². The third kappa shape index (κ3) is 6.23. The molecule has 0 aliphatic rings. The van der Waals surface area contributed by atoms with Crippen molar-refractivity contribution in [3.05, 3.63) is 39.8 Å². The summed E-state index contributed by atoms with van der Waals surface area (Å²) < 4.78 is 6.86. The van der Waals surface area contributed by atoms with Crippen LogP contribution in [0.2, 0.25) is 23.0 Å². The third-order valence-electron chi connectivity index (χ3n) is 2.03. The van der Waals surface area contributed by atoms with E-state index in [9.17, 15) is 0 Å². The second-order valence-corrected chi connectivity index (χ2v) is 29.3. The molecule has 17 heavy (non-hydrogen) atoms. The van der Waals surface area contributed by atoms with Crippen molar-refractivity contribution in [3.63, 3.8) is 0 Å². The Morgan fingerprint density at radius 2 is 1.59 bits per heavy atom. The Morgan fingerprint density at radius 1 is 1.06 bits per heavy atom. The van der Waals surface area contributed by atoms with Crippen molar-refractivity contribution in [1.82, 2.24) is 0 Å². The van der Waals surface area contributed by atoms with Gasteiger partial charge in [0.15, 0.2) is 0 Å². The van der Waals surface area contributed by atoms with Crippen LogP contribution in [-0.4, -0.2) is 24.7 Å². The van der Waals surface area contributed by atoms with Crippen LogP contribution in [0.3, 0.4) is 0 Å². The molecule has 0 aliphatic carbocycles. The Balaban J connectivity index is 2.99. The van der Waals surface area contributed by atoms with E-state index >= 15 is 0 Å². The molecule has 0 aliphatic heterocycles. The van der Waals surface area contributed by atoms with Crippen LogP contribution in [0.25, 0.3) is 0 Å². The number of hydrogen-bond donors (Lipinski definition) is 0. The molecule has 0 spiro atoms. The number of rotatable bonds is 4. The second kappa shape index (κ2) is 6.05. The van der Waals surface area contributed by atoms with Gasteiger partial charge in [-0.25, -0.2) is 0 Å². The summed E-state index contributed by atoms with van der Waals surface area (Å²) in [4.78, 5) is 2.11. The number of benzene rings is 1. The Kier molecular flexibility index (Phi) is 5.51. The summed E-state index contributed by atoms with van der Waals surface area (Å²) in [5, 5.41) is 0. The average molecular weight is 394 g/mol. The first-order valence-corrected chi connectivity index (χ1v) is 21.7. The van der Waals surface area contributed by atoms with Crippen LogP contribution in [0.5, 0.6) is 5.75 Å². The van der Waals surface area contributed by atoms with Crippen LogP contribution in [0.1, 0.15) is 0 Å². The van der Waals surface area contributed by atoms with Crippen LogP contribution in [0, 0.1) is 0 Å². The fraction of sp³-hybridized carbons (Fsp3) is 0.333. The molecule has 1 nitrogen and oxygen atoms in total. The number of hydrogen-bond acceptors (Lipinski definition) is 1. The summed E-state index contributed by atoms with van der Waals surface area (Å²) in [6.07, 6.45) is 0. The van der Waals surface area contributed by atoms with Crippen molar-refractivity contribution in [2.45, 2.75) is 23.0 Å². The molecule has 0 radical (unpaired) electrons. The summed E-state index contributed by atoms with van der Waals surface area (Å²) in [6.45, 7) is 0. The maximum atomic E-state index is 6.52. The molecule has 94 valence electrons. The SMILES string of the molecule is [CH3][Ge]([CH3])([Cl])[CH]=[C](Oc1ccccc1)[Ge]([CH3])([CH3])[Cl]. The van der Waals surface area contributed by atoms with Gasteiger partial charge in [0, 0.05) is 0 Å². The van der Waals surface area contributed by atoms with Crippen LogP contribution >= 0.6 is 20.0 Å². The van der Waals surface area contributed by atoms with Crippen molar-refractivity contribution in [1.29, 1.82) is 0 Å². The van der Waals surface area contributed by atoms with Gasteiger partial charge >= 0.3 is 118 Å². The molecule has 0 unspecified atom stereocenters. The van der Waals surface area contributed by atoms with Gasteiger partial charge in [-0.2, -0.15) is 0 Å². The third-order valence-corrected chi connectivity index (χ3v) is 9.80. The van der Waals surface area contributed by atoms with Crippen LogP contribution in [0.4, 0.5) is 0 Å². The molecule has 1 rings (SSSR count). The quantitative estimate of drug-likeness (QED) is 0.521. The van der Waals surface area contributed by atoms with E-state index in [1.807, 2.05) is 30.3 Å². The normalized spacial score (nSPS) is 13.6. The van der Waals surface area contributed by atoms with E-state index in [2.05, 4.69) is 27.9 Å². The average Bonchev–Trinajstić information content (AvgIpc) is 2.15. The molecule has 0 N–H and O–H groups in total. The van der Waals surface area contributed by atoms with Crippen LogP contribution < -0.4 is 4.74 Å². The fourth-order valence-electron chi connectivity index (χ4n) is 1.25. The number of halogens is 2. The zero-order chi connectivity index (χ0) is 13.1. The number of ether oxygens (including phenoxy) is 1. The minimum atomic E-state index is -2.52. The second-order valence-electron chi connectivity index (χ2n) is 4.96. The topological polar surface area (TPSA) is 9.23 Å². The van der Waals surface area contributed by atoms with E-state index in [0.717, 1.165) is 10.3 Å². The Hall–Kier alpha value is 0.426. The van der Waals surface area contributed by atoms with E-state index in [1.165, 1.54) is 0 Å². The van der Waals surface area contributed by atoms with E-state index < -0.39 is 24.7 Å². The Bertz CT molecular complexity index is 391. The van der Waals surface area contributed by atoms with Crippen molar-refractivity contribution in [2.75, 3.05) is 0 Å². The molecule has 0 saturated heterocycles. The van der Waals surface area contributed by atoms with E-state index in [4.69, 9.17) is 24.8 Å². The van der Waals surface area contributed by atoms with Gasteiger partial charge in [-0.05, 0) is 0 Å². The van der Waals surface area contributed by atoms with Gasteiger partial charge in [0.2, 0.25) is 0 Å². The van der Waals surface area contributed by atoms with Crippen LogP contribution in [-0.2, 0) is 0 Å². The van der Waals surface area contributed by atoms with Crippen molar-refractivity contribution >= 4 is 44.7 Å². The first-order chi connectivity index (χ1) is 7.68. The van der Waals surface area contributed by atoms with Crippen molar-refractivity contribution in [3.8, 4) is 5.75 Å². The minimum absolute atomic E-state index is 0.835. The molecule has 0 fully saturated rings. The monoisotopic (exact) mass is 396 g/mol.